The number of aliphatic hydroxyl groups is 4. The van der Waals surface area contributed by atoms with Gasteiger partial charge in [-0.3, -0.25) is 0 Å². The Morgan fingerprint density at radius 3 is 1.12 bits per heavy atom. The Morgan fingerprint density at radius 1 is 0.600 bits per heavy atom. The molecule has 4 N–H and O–H groups in total. The molecule has 25 heavy (non-hydrogen) atoms. The molecular weight excluding hydrogens is 358 g/mol. The van der Waals surface area contributed by atoms with Gasteiger partial charge in [0.2, 0.25) is 22.9 Å². The molecule has 0 bridgehead atoms. The average molecular weight is 380 g/mol. The molecule has 4 nitrogen and oxygen atoms in total. The Morgan fingerprint density at radius 2 is 0.880 bits per heavy atom. The van der Waals surface area contributed by atoms with Gasteiger partial charge in [-0.2, -0.15) is 0 Å². The monoisotopic (exact) mass is 380 g/mol. The minimum atomic E-state index is -4.60. The van der Waals surface area contributed by atoms with E-state index in [0.717, 1.165) is 0 Å². The fourth-order valence-electron chi connectivity index (χ4n) is 4.54. The second-order valence-electron chi connectivity index (χ2n) is 7.69. The molecule has 2 rings (SSSR count). The Bertz CT molecular complexity index is 468. The first-order chi connectivity index (χ1) is 10.9. The Kier molecular flexibility index (Phi) is 4.34. The van der Waals surface area contributed by atoms with Gasteiger partial charge in [-0.1, -0.05) is 13.8 Å². The summed E-state index contributed by atoms with van der Waals surface area (Å²) in [7, 11) is 0. The first kappa shape index (κ1) is 20.7. The predicted molar refractivity (Wildman–Crippen MR) is 73.4 cm³/mol. The lowest BCUT2D eigenvalue weighted by molar-refractivity contribution is -0.428. The van der Waals surface area contributed by atoms with E-state index >= 15 is 8.78 Å². The van der Waals surface area contributed by atoms with Gasteiger partial charge in [0.05, 0.1) is 5.41 Å². The van der Waals surface area contributed by atoms with Crippen molar-refractivity contribution in [3.63, 3.8) is 0 Å². The highest BCUT2D eigenvalue weighted by atomic mass is 19.3. The highest BCUT2D eigenvalue weighted by Crippen LogP contribution is 2.67. The lowest BCUT2D eigenvalue weighted by Gasteiger charge is -2.61. The Hall–Kier alpha value is -0.580. The summed E-state index contributed by atoms with van der Waals surface area (Å²) >= 11 is 0. The summed E-state index contributed by atoms with van der Waals surface area (Å²) in [5.41, 5.74) is -12.8. The topological polar surface area (TPSA) is 80.9 Å². The van der Waals surface area contributed by atoms with Crippen LogP contribution in [0.2, 0.25) is 0 Å². The van der Waals surface area contributed by atoms with E-state index in [1.54, 1.807) is 0 Å². The van der Waals surface area contributed by atoms with E-state index in [-0.39, 0.29) is 0 Å². The van der Waals surface area contributed by atoms with Gasteiger partial charge < -0.3 is 20.4 Å². The van der Waals surface area contributed by atoms with Crippen molar-refractivity contribution in [2.75, 3.05) is 0 Å². The molecule has 2 fully saturated rings. The molecule has 0 aliphatic heterocycles. The molecular formula is C15H22F6O4. The number of hydrogen-bond donors (Lipinski definition) is 4. The molecule has 0 aromatic rings. The van der Waals surface area contributed by atoms with Crippen LogP contribution in [0.1, 0.15) is 52.4 Å². The number of halogens is 6. The lowest BCUT2D eigenvalue weighted by Crippen LogP contribution is -2.81. The molecule has 2 aliphatic rings. The third-order valence-electron chi connectivity index (χ3n) is 5.87. The first-order valence-electron chi connectivity index (χ1n) is 7.94. The molecule has 0 saturated heterocycles. The van der Waals surface area contributed by atoms with Crippen LogP contribution in [0.25, 0.3) is 0 Å². The molecule has 0 aromatic carbocycles. The fraction of sp³-hybridized carbons (Fsp3) is 1.00. The van der Waals surface area contributed by atoms with E-state index in [4.69, 9.17) is 0 Å². The van der Waals surface area contributed by atoms with Crippen LogP contribution in [-0.4, -0.2) is 55.2 Å². The van der Waals surface area contributed by atoms with E-state index in [0.29, 0.717) is 13.8 Å². The first-order valence-corrected chi connectivity index (χ1v) is 7.94. The van der Waals surface area contributed by atoms with Crippen molar-refractivity contribution in [3.05, 3.63) is 0 Å². The smallest absolute Gasteiger partial charge is 0.287 e. The Labute approximate surface area is 140 Å². The van der Waals surface area contributed by atoms with Crippen LogP contribution in [0, 0.1) is 5.41 Å². The SMILES string of the molecule is CC(C)(C1(F)C(O)(O)CCCC1(F)F)C1(F)C(O)(O)CCCC1(F)F. The van der Waals surface area contributed by atoms with Crippen LogP contribution < -0.4 is 0 Å². The standard InChI is InChI=1S/C15H22F6O4/c1-9(2,14(20)10(16,17)5-3-7-12(14,22)23)15(21)11(18,19)6-4-8-13(15,24)25/h22-25H,3-8H2,1-2H3. The number of hydrogen-bond acceptors (Lipinski definition) is 4. The van der Waals surface area contributed by atoms with Crippen LogP contribution >= 0.6 is 0 Å². The summed E-state index contributed by atoms with van der Waals surface area (Å²) in [5, 5.41) is 39.5. The maximum atomic E-state index is 15.6. The largest absolute Gasteiger partial charge is 0.363 e. The zero-order valence-electron chi connectivity index (χ0n) is 13.8. The molecule has 2 unspecified atom stereocenters. The fourth-order valence-corrected chi connectivity index (χ4v) is 4.54. The second-order valence-corrected chi connectivity index (χ2v) is 7.69. The maximum Gasteiger partial charge on any atom is 0.287 e. The van der Waals surface area contributed by atoms with Crippen molar-refractivity contribution in [3.8, 4) is 0 Å². The number of alkyl halides is 6. The summed E-state index contributed by atoms with van der Waals surface area (Å²) in [6, 6.07) is 0. The van der Waals surface area contributed by atoms with Crippen molar-refractivity contribution in [1.29, 1.82) is 0 Å². The normalized spacial score (nSPS) is 39.8. The van der Waals surface area contributed by atoms with E-state index in [1.807, 2.05) is 0 Å². The van der Waals surface area contributed by atoms with Crippen LogP contribution in [0.15, 0.2) is 0 Å². The van der Waals surface area contributed by atoms with Crippen LogP contribution in [0.4, 0.5) is 26.3 Å². The molecule has 148 valence electrons. The molecule has 2 aliphatic carbocycles. The quantitative estimate of drug-likeness (QED) is 0.438. The van der Waals surface area contributed by atoms with Crippen LogP contribution in [0.5, 0.6) is 0 Å². The summed E-state index contributed by atoms with van der Waals surface area (Å²) < 4.78 is 88.8. The molecule has 10 heteroatoms. The van der Waals surface area contributed by atoms with E-state index in [2.05, 4.69) is 0 Å². The van der Waals surface area contributed by atoms with Gasteiger partial charge in [-0.05, 0) is 12.8 Å². The molecule has 0 amide bonds. The van der Waals surface area contributed by atoms with E-state index in [9.17, 15) is 38.0 Å². The minimum absolute atomic E-state index is 0.299. The molecule has 0 aromatic heterocycles. The summed E-state index contributed by atoms with van der Waals surface area (Å²) in [6.45, 7) is 0.599. The van der Waals surface area contributed by atoms with Gasteiger partial charge in [-0.15, -0.1) is 0 Å². The van der Waals surface area contributed by atoms with Crippen molar-refractivity contribution >= 4 is 0 Å². The average Bonchev–Trinajstić information content (AvgIpc) is 2.40. The van der Waals surface area contributed by atoms with Gasteiger partial charge in [0.15, 0.2) is 0 Å². The van der Waals surface area contributed by atoms with Gasteiger partial charge >= 0.3 is 0 Å². The zero-order valence-corrected chi connectivity index (χ0v) is 13.8. The van der Waals surface area contributed by atoms with Crippen LogP contribution in [-0.2, 0) is 0 Å². The zero-order chi connectivity index (χ0) is 19.7. The number of rotatable bonds is 2. The highest BCUT2D eigenvalue weighted by molar-refractivity contribution is 5.25. The van der Waals surface area contributed by atoms with Crippen molar-refractivity contribution in [1.82, 2.24) is 0 Å². The highest BCUT2D eigenvalue weighted by Gasteiger charge is 2.86. The summed E-state index contributed by atoms with van der Waals surface area (Å²) in [4.78, 5) is 0. The maximum absolute atomic E-state index is 15.6. The van der Waals surface area contributed by atoms with Crippen molar-refractivity contribution < 1.29 is 46.8 Å². The molecule has 0 radical (unpaired) electrons. The lowest BCUT2D eigenvalue weighted by atomic mass is 9.51. The molecule has 2 saturated carbocycles. The summed E-state index contributed by atoms with van der Waals surface area (Å²) in [6.07, 6.45) is -5.45. The molecule has 0 heterocycles. The predicted octanol–water partition coefficient (Wildman–Crippen LogP) is 2.43. The van der Waals surface area contributed by atoms with Gasteiger partial charge in [-0.25, -0.2) is 26.3 Å². The van der Waals surface area contributed by atoms with Gasteiger partial charge in [0.1, 0.15) is 0 Å². The third-order valence-corrected chi connectivity index (χ3v) is 5.87. The van der Waals surface area contributed by atoms with Crippen molar-refractivity contribution in [2.24, 2.45) is 5.41 Å². The summed E-state index contributed by atoms with van der Waals surface area (Å²) in [5.74, 6) is -16.9. The van der Waals surface area contributed by atoms with Gasteiger partial charge in [0.25, 0.3) is 11.8 Å². The van der Waals surface area contributed by atoms with Gasteiger partial charge in [0, 0.05) is 25.7 Å². The second kappa shape index (κ2) is 5.24. The van der Waals surface area contributed by atoms with E-state index in [1.165, 1.54) is 0 Å². The van der Waals surface area contributed by atoms with Crippen LogP contribution in [0.3, 0.4) is 0 Å². The van der Waals surface area contributed by atoms with E-state index < -0.39 is 78.7 Å². The van der Waals surface area contributed by atoms with Crippen molar-refractivity contribution in [2.45, 2.75) is 87.1 Å². The molecule has 0 spiro atoms. The third kappa shape index (κ3) is 2.23. The Balaban J connectivity index is 2.77. The minimum Gasteiger partial charge on any atom is -0.363 e. The molecule has 2 atom stereocenters.